The minimum absolute atomic E-state index is 0.0423. The molecule has 2 rings (SSSR count). The summed E-state index contributed by atoms with van der Waals surface area (Å²) in [4.78, 5) is 12.2. The summed E-state index contributed by atoms with van der Waals surface area (Å²) in [6, 6.07) is 16.6. The van der Waals surface area contributed by atoms with Gasteiger partial charge in [0.1, 0.15) is 12.9 Å². The minimum atomic E-state index is 0.0423. The second-order valence-corrected chi connectivity index (χ2v) is 4.42. The van der Waals surface area contributed by atoms with E-state index in [9.17, 15) is 4.79 Å². The van der Waals surface area contributed by atoms with E-state index in [0.29, 0.717) is 11.1 Å². The molecule has 0 bridgehead atoms. The van der Waals surface area contributed by atoms with Gasteiger partial charge in [0.25, 0.3) is 0 Å². The number of rotatable bonds is 6. The number of ketones is 1. The van der Waals surface area contributed by atoms with E-state index in [2.05, 4.69) is 6.92 Å². The first kappa shape index (κ1) is 29.6. The van der Waals surface area contributed by atoms with E-state index in [-0.39, 0.29) is 5.78 Å². The number of aliphatic hydroxyl groups excluding tert-OH is 1. The minimum Gasteiger partial charge on any atom is -0.494 e. The van der Waals surface area contributed by atoms with Crippen LogP contribution in [0.2, 0.25) is 0 Å². The van der Waals surface area contributed by atoms with Crippen molar-refractivity contribution in [3.05, 3.63) is 65.7 Å². The van der Waals surface area contributed by atoms with Gasteiger partial charge in [-0.2, -0.15) is 0 Å². The number of carbonyl (C=O) groups is 1. The highest BCUT2D eigenvalue weighted by atomic mass is 16.5. The first-order valence-corrected chi connectivity index (χ1v) is 9.58. The van der Waals surface area contributed by atoms with Crippen LogP contribution in [0.1, 0.15) is 63.4 Å². The molecule has 2 aromatic carbocycles. The third-order valence-electron chi connectivity index (χ3n) is 2.92. The SMILES string of the molecule is CC.CC.CCCCOc1ccc(C(=O)c2ccccc2)cc1.CO.C[OH2+]. The molecule has 154 valence electrons. The predicted octanol–water partition coefficient (Wildman–Crippen LogP) is 5.10. The molecule has 0 aliphatic carbocycles. The van der Waals surface area contributed by atoms with Crippen LogP contribution in [0, 0.1) is 0 Å². The number of hydrogen-bond donors (Lipinski definition) is 1. The van der Waals surface area contributed by atoms with E-state index >= 15 is 0 Å². The molecule has 0 atom stereocenters. The van der Waals surface area contributed by atoms with Crippen LogP contribution in [-0.4, -0.2) is 36.8 Å². The Bertz CT molecular complexity index is 522. The molecule has 0 heterocycles. The molecular weight excluding hydrogens is 340 g/mol. The van der Waals surface area contributed by atoms with Crippen molar-refractivity contribution in [2.24, 2.45) is 0 Å². The summed E-state index contributed by atoms with van der Waals surface area (Å²) in [6.45, 7) is 10.9. The molecule has 0 saturated carbocycles. The van der Waals surface area contributed by atoms with E-state index in [0.717, 1.165) is 32.3 Å². The summed E-state index contributed by atoms with van der Waals surface area (Å²) in [7, 11) is 2.25. The lowest BCUT2D eigenvalue weighted by molar-refractivity contribution is 0.103. The van der Waals surface area contributed by atoms with Crippen molar-refractivity contribution in [2.75, 3.05) is 20.8 Å². The number of ether oxygens (including phenoxy) is 1. The largest absolute Gasteiger partial charge is 0.494 e. The van der Waals surface area contributed by atoms with Crippen LogP contribution in [0.4, 0.5) is 0 Å². The van der Waals surface area contributed by atoms with Gasteiger partial charge in [-0.05, 0) is 30.7 Å². The van der Waals surface area contributed by atoms with Gasteiger partial charge >= 0.3 is 0 Å². The molecule has 27 heavy (non-hydrogen) atoms. The maximum Gasteiger partial charge on any atom is 0.193 e. The van der Waals surface area contributed by atoms with Crippen LogP contribution in [0.5, 0.6) is 5.75 Å². The zero-order valence-electron chi connectivity index (χ0n) is 18.1. The van der Waals surface area contributed by atoms with Crippen molar-refractivity contribution in [1.29, 1.82) is 0 Å². The van der Waals surface area contributed by atoms with Crippen LogP contribution >= 0.6 is 0 Å². The van der Waals surface area contributed by atoms with Gasteiger partial charge in [-0.3, -0.25) is 4.79 Å². The van der Waals surface area contributed by atoms with Crippen molar-refractivity contribution in [1.82, 2.24) is 0 Å². The Hall–Kier alpha value is -2.17. The summed E-state index contributed by atoms with van der Waals surface area (Å²) in [5.74, 6) is 0.860. The zero-order chi connectivity index (χ0) is 21.5. The van der Waals surface area contributed by atoms with Crippen molar-refractivity contribution >= 4 is 5.78 Å². The fourth-order valence-corrected chi connectivity index (χ4v) is 1.79. The van der Waals surface area contributed by atoms with Gasteiger partial charge in [0.2, 0.25) is 0 Å². The molecule has 4 heteroatoms. The van der Waals surface area contributed by atoms with E-state index in [1.54, 1.807) is 0 Å². The smallest absolute Gasteiger partial charge is 0.193 e. The van der Waals surface area contributed by atoms with Crippen molar-refractivity contribution in [2.45, 2.75) is 47.5 Å². The monoisotopic (exact) mass is 379 g/mol. The average Bonchev–Trinajstić information content (AvgIpc) is 2.80. The van der Waals surface area contributed by atoms with Crippen LogP contribution in [0.3, 0.4) is 0 Å². The maximum atomic E-state index is 12.2. The summed E-state index contributed by atoms with van der Waals surface area (Å²) in [6.07, 6.45) is 2.16. The van der Waals surface area contributed by atoms with E-state index < -0.39 is 0 Å². The molecule has 0 saturated heterocycles. The topological polar surface area (TPSA) is 69.4 Å². The summed E-state index contributed by atoms with van der Waals surface area (Å²) in [5, 5.41) is 12.8. The highest BCUT2D eigenvalue weighted by Crippen LogP contribution is 2.15. The molecule has 3 N–H and O–H groups in total. The Balaban J connectivity index is -0.000000638. The lowest BCUT2D eigenvalue weighted by Crippen LogP contribution is -2.01. The quantitative estimate of drug-likeness (QED) is 0.431. The molecule has 0 amide bonds. The van der Waals surface area contributed by atoms with Gasteiger partial charge in [-0.25, -0.2) is 0 Å². The van der Waals surface area contributed by atoms with E-state index in [4.69, 9.17) is 14.9 Å². The second-order valence-electron chi connectivity index (χ2n) is 4.42. The molecule has 0 aliphatic heterocycles. The van der Waals surface area contributed by atoms with Gasteiger partial charge in [-0.1, -0.05) is 71.4 Å². The molecule has 2 aromatic rings. The van der Waals surface area contributed by atoms with Crippen LogP contribution in [0.25, 0.3) is 0 Å². The highest BCUT2D eigenvalue weighted by molar-refractivity contribution is 6.08. The van der Waals surface area contributed by atoms with E-state index in [1.807, 2.05) is 82.3 Å². The van der Waals surface area contributed by atoms with Crippen LogP contribution in [-0.2, 0) is 0 Å². The molecular formula is C23H39O4+. The number of unbranched alkanes of at least 4 members (excludes halogenated alkanes) is 1. The van der Waals surface area contributed by atoms with Gasteiger partial charge in [0.15, 0.2) is 5.78 Å². The average molecular weight is 380 g/mol. The summed E-state index contributed by atoms with van der Waals surface area (Å²) in [5.41, 5.74) is 1.40. The van der Waals surface area contributed by atoms with Gasteiger partial charge in [0, 0.05) is 18.2 Å². The van der Waals surface area contributed by atoms with Crippen molar-refractivity contribution in [3.8, 4) is 5.75 Å². The van der Waals surface area contributed by atoms with E-state index in [1.165, 1.54) is 7.11 Å². The Morgan fingerprint density at radius 2 is 1.30 bits per heavy atom. The molecule has 4 nitrogen and oxygen atoms in total. The third-order valence-corrected chi connectivity index (χ3v) is 2.92. The fraction of sp³-hybridized carbons (Fsp3) is 0.435. The summed E-state index contributed by atoms with van der Waals surface area (Å²) >= 11 is 0. The molecule has 0 radical (unpaired) electrons. The number of hydrogen-bond acceptors (Lipinski definition) is 3. The molecule has 0 aromatic heterocycles. The van der Waals surface area contributed by atoms with Crippen molar-refractivity contribution in [3.63, 3.8) is 0 Å². The third kappa shape index (κ3) is 13.7. The Kier molecular flexibility index (Phi) is 26.1. The molecule has 0 fully saturated rings. The van der Waals surface area contributed by atoms with Crippen LogP contribution < -0.4 is 4.74 Å². The second kappa shape index (κ2) is 23.8. The standard InChI is InChI=1S/C17H18O2.2C2H6.2CH4O/c1-2-3-13-19-16-11-9-15(10-12-16)17(18)14-7-5-4-6-8-14;4*1-2/h4-12H,2-3,13H2,1H3;2*1-2H3;2*2H,1H3/p+1. The summed E-state index contributed by atoms with van der Waals surface area (Å²) < 4.78 is 5.58. The molecule has 0 unspecified atom stereocenters. The lowest BCUT2D eigenvalue weighted by atomic mass is 10.0. The number of carbonyl (C=O) groups excluding carboxylic acids is 1. The lowest BCUT2D eigenvalue weighted by Gasteiger charge is -2.06. The first-order chi connectivity index (χ1) is 13.3. The Morgan fingerprint density at radius 3 is 1.74 bits per heavy atom. The molecule has 0 aliphatic rings. The molecule has 0 spiro atoms. The van der Waals surface area contributed by atoms with Gasteiger partial charge in [0.05, 0.1) is 6.61 Å². The zero-order valence-corrected chi connectivity index (χ0v) is 18.1. The van der Waals surface area contributed by atoms with Crippen LogP contribution in [0.15, 0.2) is 54.6 Å². The normalized spacial score (nSPS) is 8.04. The highest BCUT2D eigenvalue weighted by Gasteiger charge is 2.08. The van der Waals surface area contributed by atoms with Crippen molar-refractivity contribution < 1.29 is 19.7 Å². The predicted molar refractivity (Wildman–Crippen MR) is 117 cm³/mol. The first-order valence-electron chi connectivity index (χ1n) is 9.58. The van der Waals surface area contributed by atoms with Gasteiger partial charge < -0.3 is 14.9 Å². The van der Waals surface area contributed by atoms with Gasteiger partial charge in [-0.15, -0.1) is 0 Å². The Labute approximate surface area is 165 Å². The fourth-order valence-electron chi connectivity index (χ4n) is 1.79. The number of aliphatic hydroxyl groups is 1. The Morgan fingerprint density at radius 1 is 0.852 bits per heavy atom. The maximum absolute atomic E-state index is 12.2. The number of benzene rings is 2.